The summed E-state index contributed by atoms with van der Waals surface area (Å²) in [7, 11) is 0. The molecule has 2 nitrogen and oxygen atoms in total. The lowest BCUT2D eigenvalue weighted by Gasteiger charge is -2.25. The van der Waals surface area contributed by atoms with Gasteiger partial charge in [-0.15, -0.1) is 0 Å². The lowest BCUT2D eigenvalue weighted by atomic mass is 10.1. The van der Waals surface area contributed by atoms with Gasteiger partial charge < -0.3 is 10.6 Å². The van der Waals surface area contributed by atoms with Crippen LogP contribution in [0, 0.1) is 0 Å². The Hall–Kier alpha value is -1.32. The molecule has 0 saturated heterocycles. The number of hydrogen-bond donors (Lipinski definition) is 1. The molecule has 1 atom stereocenters. The molecule has 19 heavy (non-hydrogen) atoms. The summed E-state index contributed by atoms with van der Waals surface area (Å²) in [5, 5.41) is 0. The van der Waals surface area contributed by atoms with Crippen molar-refractivity contribution in [2.45, 2.75) is 19.9 Å². The first-order valence-electron chi connectivity index (χ1n) is 6.51. The number of halogens is 1. The molecule has 3 heteroatoms. The van der Waals surface area contributed by atoms with Crippen LogP contribution in [0.5, 0.6) is 0 Å². The first-order chi connectivity index (χ1) is 9.13. The smallest absolute Gasteiger partial charge is 0.0555 e. The normalized spacial score (nSPS) is 12.2. The van der Waals surface area contributed by atoms with Gasteiger partial charge in [-0.3, -0.25) is 0 Å². The molecule has 0 aliphatic carbocycles. The van der Waals surface area contributed by atoms with Crippen LogP contribution in [0.15, 0.2) is 53.0 Å². The zero-order valence-corrected chi connectivity index (χ0v) is 12.9. The van der Waals surface area contributed by atoms with E-state index >= 15 is 0 Å². The molecule has 0 aliphatic heterocycles. The molecule has 0 saturated carbocycles. The highest BCUT2D eigenvalue weighted by Gasteiger charge is 2.11. The molecule has 2 aromatic rings. The second-order valence-corrected chi connectivity index (χ2v) is 5.43. The van der Waals surface area contributed by atoms with Crippen LogP contribution in [-0.4, -0.2) is 6.54 Å². The van der Waals surface area contributed by atoms with Crippen molar-refractivity contribution in [1.82, 2.24) is 0 Å². The Morgan fingerprint density at radius 3 is 2.37 bits per heavy atom. The molecule has 0 spiro atoms. The number of rotatable bonds is 4. The topological polar surface area (TPSA) is 29.3 Å². The molecular weight excluding hydrogens is 300 g/mol. The second kappa shape index (κ2) is 6.22. The fraction of sp³-hybridized carbons (Fsp3) is 0.250. The predicted molar refractivity (Wildman–Crippen MR) is 85.9 cm³/mol. The number of nitrogens with two attached hydrogens (primary N) is 1. The number of anilines is 2. The van der Waals surface area contributed by atoms with E-state index in [0.717, 1.165) is 22.3 Å². The van der Waals surface area contributed by atoms with E-state index in [-0.39, 0.29) is 6.04 Å². The maximum absolute atomic E-state index is 5.92. The highest BCUT2D eigenvalue weighted by molar-refractivity contribution is 9.10. The quantitative estimate of drug-likeness (QED) is 0.890. The van der Waals surface area contributed by atoms with Gasteiger partial charge in [-0.25, -0.2) is 0 Å². The van der Waals surface area contributed by atoms with Crippen LogP contribution in [0.2, 0.25) is 0 Å². The zero-order chi connectivity index (χ0) is 13.8. The molecule has 0 bridgehead atoms. The highest BCUT2D eigenvalue weighted by atomic mass is 79.9. The van der Waals surface area contributed by atoms with Crippen molar-refractivity contribution in [2.24, 2.45) is 5.73 Å². The van der Waals surface area contributed by atoms with Crippen molar-refractivity contribution < 1.29 is 0 Å². The molecule has 0 aromatic heterocycles. The molecule has 0 amide bonds. The molecule has 100 valence electrons. The molecule has 2 N–H and O–H groups in total. The van der Waals surface area contributed by atoms with Crippen molar-refractivity contribution in [2.75, 3.05) is 11.4 Å². The van der Waals surface area contributed by atoms with E-state index in [4.69, 9.17) is 5.73 Å². The van der Waals surface area contributed by atoms with E-state index in [1.807, 2.05) is 13.0 Å². The van der Waals surface area contributed by atoms with Crippen molar-refractivity contribution in [3.05, 3.63) is 58.6 Å². The van der Waals surface area contributed by atoms with Crippen LogP contribution in [0.4, 0.5) is 11.4 Å². The average molecular weight is 319 g/mol. The minimum Gasteiger partial charge on any atom is -0.341 e. The number of hydrogen-bond acceptors (Lipinski definition) is 2. The average Bonchev–Trinajstić information content (AvgIpc) is 2.42. The molecule has 1 unspecified atom stereocenters. The standard InChI is InChI=1S/C16H19BrN2/c1-3-19(14-7-5-4-6-8-14)16-10-9-13(12(2)18)11-15(16)17/h4-12H,3,18H2,1-2H3. The highest BCUT2D eigenvalue weighted by Crippen LogP contribution is 2.33. The van der Waals surface area contributed by atoms with Gasteiger partial charge in [0.15, 0.2) is 0 Å². The minimum absolute atomic E-state index is 0.0529. The van der Waals surface area contributed by atoms with E-state index < -0.39 is 0 Å². The molecule has 0 heterocycles. The van der Waals surface area contributed by atoms with E-state index in [2.05, 4.69) is 70.2 Å². The van der Waals surface area contributed by atoms with Crippen LogP contribution in [-0.2, 0) is 0 Å². The Morgan fingerprint density at radius 1 is 1.16 bits per heavy atom. The number of benzene rings is 2. The Bertz CT molecular complexity index is 538. The molecule has 2 aromatic carbocycles. The van der Waals surface area contributed by atoms with Gasteiger partial charge in [0, 0.05) is 22.7 Å². The van der Waals surface area contributed by atoms with Gasteiger partial charge in [0.1, 0.15) is 0 Å². The van der Waals surface area contributed by atoms with Crippen molar-refractivity contribution in [3.8, 4) is 0 Å². The van der Waals surface area contributed by atoms with Crippen molar-refractivity contribution >= 4 is 27.3 Å². The maximum Gasteiger partial charge on any atom is 0.0555 e. The summed E-state index contributed by atoms with van der Waals surface area (Å²) in [5.74, 6) is 0. The Morgan fingerprint density at radius 2 is 1.84 bits per heavy atom. The lowest BCUT2D eigenvalue weighted by molar-refractivity contribution is 0.817. The summed E-state index contributed by atoms with van der Waals surface area (Å²) in [6.07, 6.45) is 0. The molecule has 0 aliphatic rings. The summed E-state index contributed by atoms with van der Waals surface area (Å²) in [4.78, 5) is 2.27. The van der Waals surface area contributed by atoms with Gasteiger partial charge in [0.05, 0.1) is 5.69 Å². The molecule has 2 rings (SSSR count). The third kappa shape index (κ3) is 3.17. The summed E-state index contributed by atoms with van der Waals surface area (Å²) >= 11 is 3.66. The van der Waals surface area contributed by atoms with E-state index in [1.54, 1.807) is 0 Å². The monoisotopic (exact) mass is 318 g/mol. The fourth-order valence-electron chi connectivity index (χ4n) is 2.13. The van der Waals surface area contributed by atoms with Crippen LogP contribution in [0.1, 0.15) is 25.5 Å². The van der Waals surface area contributed by atoms with Gasteiger partial charge in [0.2, 0.25) is 0 Å². The SMILES string of the molecule is CCN(c1ccccc1)c1ccc(C(C)N)cc1Br. The third-order valence-electron chi connectivity index (χ3n) is 3.17. The van der Waals surface area contributed by atoms with E-state index in [0.29, 0.717) is 0 Å². The van der Waals surface area contributed by atoms with Crippen LogP contribution < -0.4 is 10.6 Å². The van der Waals surface area contributed by atoms with E-state index in [9.17, 15) is 0 Å². The molecule has 0 radical (unpaired) electrons. The zero-order valence-electron chi connectivity index (χ0n) is 11.3. The lowest BCUT2D eigenvalue weighted by Crippen LogP contribution is -2.16. The maximum atomic E-state index is 5.92. The van der Waals surface area contributed by atoms with Gasteiger partial charge >= 0.3 is 0 Å². The van der Waals surface area contributed by atoms with E-state index in [1.165, 1.54) is 5.69 Å². The largest absolute Gasteiger partial charge is 0.341 e. The summed E-state index contributed by atoms with van der Waals surface area (Å²) in [6, 6.07) is 16.8. The Balaban J connectivity index is 2.39. The predicted octanol–water partition coefficient (Wildman–Crippen LogP) is 4.63. The minimum atomic E-state index is 0.0529. The van der Waals surface area contributed by atoms with Crippen LogP contribution in [0.3, 0.4) is 0 Å². The van der Waals surface area contributed by atoms with Crippen molar-refractivity contribution in [1.29, 1.82) is 0 Å². The van der Waals surface area contributed by atoms with Crippen LogP contribution in [0.25, 0.3) is 0 Å². The fourth-order valence-corrected chi connectivity index (χ4v) is 2.74. The first kappa shape index (κ1) is 14.1. The van der Waals surface area contributed by atoms with Crippen molar-refractivity contribution in [3.63, 3.8) is 0 Å². The Kier molecular flexibility index (Phi) is 4.61. The van der Waals surface area contributed by atoms with Gasteiger partial charge in [-0.2, -0.15) is 0 Å². The number of nitrogens with zero attached hydrogens (tertiary/aromatic N) is 1. The molecular formula is C16H19BrN2. The number of para-hydroxylation sites is 1. The van der Waals surface area contributed by atoms with Gasteiger partial charge in [-0.05, 0) is 59.6 Å². The first-order valence-corrected chi connectivity index (χ1v) is 7.30. The summed E-state index contributed by atoms with van der Waals surface area (Å²) in [6.45, 7) is 5.06. The third-order valence-corrected chi connectivity index (χ3v) is 3.81. The summed E-state index contributed by atoms with van der Waals surface area (Å²) in [5.41, 5.74) is 9.42. The van der Waals surface area contributed by atoms with Gasteiger partial charge in [0.25, 0.3) is 0 Å². The summed E-state index contributed by atoms with van der Waals surface area (Å²) < 4.78 is 1.08. The van der Waals surface area contributed by atoms with Crippen LogP contribution >= 0.6 is 15.9 Å². The van der Waals surface area contributed by atoms with Gasteiger partial charge in [-0.1, -0.05) is 24.3 Å². The molecule has 0 fully saturated rings. The second-order valence-electron chi connectivity index (χ2n) is 4.58. The Labute approximate surface area is 123 Å².